The first-order valence-corrected chi connectivity index (χ1v) is 8.48. The van der Waals surface area contributed by atoms with Crippen molar-refractivity contribution < 1.29 is 14.7 Å². The lowest BCUT2D eigenvalue weighted by atomic mass is 10.0. The Morgan fingerprint density at radius 2 is 1.54 bits per heavy atom. The normalized spacial score (nSPS) is 13.1. The van der Waals surface area contributed by atoms with Gasteiger partial charge in [0.25, 0.3) is 0 Å². The van der Waals surface area contributed by atoms with Crippen LogP contribution in [0.1, 0.15) is 25.5 Å². The van der Waals surface area contributed by atoms with E-state index in [1.54, 1.807) is 36.2 Å². The molecule has 0 heterocycles. The minimum atomic E-state index is -0.694. The van der Waals surface area contributed by atoms with Crippen LogP contribution in [0.3, 0.4) is 0 Å². The molecule has 2 amide bonds. The second-order valence-corrected chi connectivity index (χ2v) is 6.29. The second kappa shape index (κ2) is 9.12. The van der Waals surface area contributed by atoms with Gasteiger partial charge in [0.15, 0.2) is 0 Å². The molecule has 0 aromatic heterocycles. The number of carbonyl (C=O) groups excluding carboxylic acids is 2. The fourth-order valence-corrected chi connectivity index (χ4v) is 2.62. The highest BCUT2D eigenvalue weighted by atomic mass is 16.3. The summed E-state index contributed by atoms with van der Waals surface area (Å²) in [5.74, 6) is -0.430. The summed E-state index contributed by atoms with van der Waals surface area (Å²) >= 11 is 0. The van der Waals surface area contributed by atoms with E-state index in [4.69, 9.17) is 0 Å². The van der Waals surface area contributed by atoms with Crippen LogP contribution in [-0.4, -0.2) is 41.5 Å². The molecule has 0 radical (unpaired) electrons. The van der Waals surface area contributed by atoms with Crippen molar-refractivity contribution in [2.24, 2.45) is 0 Å². The van der Waals surface area contributed by atoms with Crippen LogP contribution in [0, 0.1) is 0 Å². The molecule has 2 aromatic rings. The molecule has 0 spiro atoms. The number of nitrogens with one attached hydrogen (secondary N) is 2. The van der Waals surface area contributed by atoms with Gasteiger partial charge < -0.3 is 15.7 Å². The molecule has 0 aliphatic rings. The minimum absolute atomic E-state index is 0.111. The quantitative estimate of drug-likeness (QED) is 0.713. The van der Waals surface area contributed by atoms with E-state index in [-0.39, 0.29) is 24.4 Å². The number of anilines is 2. The molecule has 0 unspecified atom stereocenters. The van der Waals surface area contributed by atoms with Crippen molar-refractivity contribution >= 4 is 23.2 Å². The third-order valence-electron chi connectivity index (χ3n) is 4.20. The first-order chi connectivity index (χ1) is 12.4. The van der Waals surface area contributed by atoms with Crippen molar-refractivity contribution in [2.75, 3.05) is 24.2 Å². The summed E-state index contributed by atoms with van der Waals surface area (Å²) in [7, 11) is 1.79. The molecule has 2 aromatic carbocycles. The Hall–Kier alpha value is -2.70. The highest BCUT2D eigenvalue weighted by Gasteiger charge is 2.22. The van der Waals surface area contributed by atoms with Gasteiger partial charge in [-0.15, -0.1) is 0 Å². The molecule has 2 atom stereocenters. The average Bonchev–Trinajstić information content (AvgIpc) is 2.62. The predicted octanol–water partition coefficient (Wildman–Crippen LogP) is 2.64. The van der Waals surface area contributed by atoms with Crippen LogP contribution in [-0.2, 0) is 9.59 Å². The zero-order chi connectivity index (χ0) is 19.1. The number of likely N-dealkylation sites (N-methyl/N-ethyl adjacent to an activating group) is 1. The lowest BCUT2D eigenvalue weighted by Crippen LogP contribution is -2.39. The maximum atomic E-state index is 12.4. The summed E-state index contributed by atoms with van der Waals surface area (Å²) < 4.78 is 0. The molecule has 0 bridgehead atoms. The van der Waals surface area contributed by atoms with Gasteiger partial charge in [0, 0.05) is 13.0 Å². The number of hydrogen-bond donors (Lipinski definition) is 3. The van der Waals surface area contributed by atoms with E-state index >= 15 is 0 Å². The molecule has 0 aliphatic carbocycles. The Balaban J connectivity index is 1.98. The lowest BCUT2D eigenvalue weighted by Gasteiger charge is -2.28. The summed E-state index contributed by atoms with van der Waals surface area (Å²) in [6.07, 6.45) is -0.694. The van der Waals surface area contributed by atoms with Gasteiger partial charge in [-0.2, -0.15) is 0 Å². The minimum Gasteiger partial charge on any atom is -0.387 e. The van der Waals surface area contributed by atoms with E-state index in [1.807, 2.05) is 37.3 Å². The number of nitrogens with zero attached hydrogens (tertiary/aromatic N) is 1. The molecule has 0 saturated carbocycles. The number of para-hydroxylation sites is 2. The van der Waals surface area contributed by atoms with Crippen molar-refractivity contribution in [1.29, 1.82) is 0 Å². The molecular formula is C20H25N3O3. The fraction of sp³-hybridized carbons (Fsp3) is 0.300. The van der Waals surface area contributed by atoms with Crippen molar-refractivity contribution in [2.45, 2.75) is 26.0 Å². The van der Waals surface area contributed by atoms with Gasteiger partial charge in [-0.1, -0.05) is 42.5 Å². The molecular weight excluding hydrogens is 330 g/mol. The van der Waals surface area contributed by atoms with Crippen LogP contribution in [0.2, 0.25) is 0 Å². The Morgan fingerprint density at radius 3 is 2.12 bits per heavy atom. The van der Waals surface area contributed by atoms with E-state index in [9.17, 15) is 14.7 Å². The first kappa shape index (κ1) is 19.6. The van der Waals surface area contributed by atoms with Crippen molar-refractivity contribution in [3.05, 3.63) is 60.2 Å². The molecule has 3 N–H and O–H groups in total. The van der Waals surface area contributed by atoms with E-state index in [0.29, 0.717) is 11.4 Å². The number of hydrogen-bond acceptors (Lipinski definition) is 4. The topological polar surface area (TPSA) is 81.7 Å². The monoisotopic (exact) mass is 355 g/mol. The van der Waals surface area contributed by atoms with Crippen LogP contribution < -0.4 is 10.6 Å². The number of carbonyl (C=O) groups is 2. The van der Waals surface area contributed by atoms with Crippen molar-refractivity contribution in [3.8, 4) is 0 Å². The SMILES string of the molecule is CC(=O)Nc1ccccc1NC(=O)CN(C)[C@@H](C)[C@@H](O)c1ccccc1. The largest absolute Gasteiger partial charge is 0.387 e. The average molecular weight is 355 g/mol. The van der Waals surface area contributed by atoms with Crippen LogP contribution in [0.4, 0.5) is 11.4 Å². The fourth-order valence-electron chi connectivity index (χ4n) is 2.62. The van der Waals surface area contributed by atoms with Gasteiger partial charge in [0.05, 0.1) is 24.0 Å². The van der Waals surface area contributed by atoms with Gasteiger partial charge in [0.2, 0.25) is 11.8 Å². The Morgan fingerprint density at radius 1 is 1.00 bits per heavy atom. The Labute approximate surface area is 153 Å². The van der Waals surface area contributed by atoms with Crippen LogP contribution in [0.15, 0.2) is 54.6 Å². The molecule has 2 rings (SSSR count). The molecule has 0 saturated heterocycles. The van der Waals surface area contributed by atoms with Crippen LogP contribution >= 0.6 is 0 Å². The number of rotatable bonds is 7. The summed E-state index contributed by atoms with van der Waals surface area (Å²) in [6, 6.07) is 16.1. The number of aliphatic hydroxyl groups excluding tert-OH is 1. The Kier molecular flexibility index (Phi) is 6.89. The van der Waals surface area contributed by atoms with E-state index < -0.39 is 6.10 Å². The lowest BCUT2D eigenvalue weighted by molar-refractivity contribution is -0.118. The van der Waals surface area contributed by atoms with E-state index in [1.165, 1.54) is 6.92 Å². The smallest absolute Gasteiger partial charge is 0.238 e. The summed E-state index contributed by atoms with van der Waals surface area (Å²) in [6.45, 7) is 3.40. The highest BCUT2D eigenvalue weighted by molar-refractivity contribution is 5.99. The van der Waals surface area contributed by atoms with Crippen molar-refractivity contribution in [1.82, 2.24) is 4.90 Å². The van der Waals surface area contributed by atoms with E-state index in [0.717, 1.165) is 5.56 Å². The van der Waals surface area contributed by atoms with E-state index in [2.05, 4.69) is 10.6 Å². The number of amides is 2. The van der Waals surface area contributed by atoms with Crippen LogP contribution in [0.25, 0.3) is 0 Å². The summed E-state index contributed by atoms with van der Waals surface area (Å²) in [5, 5.41) is 16.0. The highest BCUT2D eigenvalue weighted by Crippen LogP contribution is 2.22. The number of aliphatic hydroxyl groups is 1. The number of benzene rings is 2. The predicted molar refractivity (Wildman–Crippen MR) is 103 cm³/mol. The summed E-state index contributed by atoms with van der Waals surface area (Å²) in [4.78, 5) is 25.4. The van der Waals surface area contributed by atoms with Crippen LogP contribution in [0.5, 0.6) is 0 Å². The second-order valence-electron chi connectivity index (χ2n) is 6.29. The zero-order valence-electron chi connectivity index (χ0n) is 15.3. The van der Waals surface area contributed by atoms with Gasteiger partial charge >= 0.3 is 0 Å². The maximum absolute atomic E-state index is 12.4. The van der Waals surface area contributed by atoms with Crippen molar-refractivity contribution in [3.63, 3.8) is 0 Å². The third-order valence-corrected chi connectivity index (χ3v) is 4.20. The Bertz CT molecular complexity index is 749. The first-order valence-electron chi connectivity index (χ1n) is 8.48. The maximum Gasteiger partial charge on any atom is 0.238 e. The third kappa shape index (κ3) is 5.40. The molecule has 138 valence electrons. The van der Waals surface area contributed by atoms with Gasteiger partial charge in [0.1, 0.15) is 0 Å². The zero-order valence-corrected chi connectivity index (χ0v) is 15.3. The standard InChI is InChI=1S/C20H25N3O3/c1-14(20(26)16-9-5-4-6-10-16)23(3)13-19(25)22-18-12-8-7-11-17(18)21-15(2)24/h4-12,14,20,26H,13H2,1-3H3,(H,21,24)(H,22,25)/t14-,20+/m0/s1. The molecule has 6 nitrogen and oxygen atoms in total. The van der Waals surface area contributed by atoms with Gasteiger partial charge in [-0.25, -0.2) is 0 Å². The molecule has 0 fully saturated rings. The van der Waals surface area contributed by atoms with Gasteiger partial charge in [-0.05, 0) is 31.7 Å². The summed E-state index contributed by atoms with van der Waals surface area (Å²) in [5.41, 5.74) is 1.90. The van der Waals surface area contributed by atoms with Gasteiger partial charge in [-0.3, -0.25) is 14.5 Å². The molecule has 0 aliphatic heterocycles. The molecule has 26 heavy (non-hydrogen) atoms. The molecule has 6 heteroatoms.